The molecule has 3 N–H and O–H groups in total. The second kappa shape index (κ2) is 9.55. The van der Waals surface area contributed by atoms with E-state index in [1.165, 1.54) is 4.90 Å². The van der Waals surface area contributed by atoms with Crippen LogP contribution in [0.4, 0.5) is 10.5 Å². The summed E-state index contributed by atoms with van der Waals surface area (Å²) in [4.78, 5) is 40.7. The molecule has 8 nitrogen and oxygen atoms in total. The predicted molar refractivity (Wildman–Crippen MR) is 135 cm³/mol. The lowest BCUT2D eigenvalue weighted by atomic mass is 9.72. The fourth-order valence-corrected chi connectivity index (χ4v) is 4.85. The molecular weight excluding hydrogens is 446 g/mol. The van der Waals surface area contributed by atoms with E-state index in [0.29, 0.717) is 18.7 Å². The molecular formula is C27H39N3O5. The zero-order chi connectivity index (χ0) is 26.3. The maximum absolute atomic E-state index is 13.5. The number of amides is 3. The van der Waals surface area contributed by atoms with Crippen molar-refractivity contribution in [1.29, 1.82) is 0 Å². The number of hydrogen-bond acceptors (Lipinski definition) is 5. The van der Waals surface area contributed by atoms with Crippen molar-refractivity contribution in [3.05, 3.63) is 40.7 Å². The molecule has 2 atom stereocenters. The molecule has 2 aliphatic heterocycles. The first kappa shape index (κ1) is 26.6. The average Bonchev–Trinajstić information content (AvgIpc) is 2.73. The Labute approximate surface area is 208 Å². The van der Waals surface area contributed by atoms with E-state index in [1.807, 2.05) is 45.9 Å². The average molecular weight is 486 g/mol. The molecule has 0 radical (unpaired) electrons. The van der Waals surface area contributed by atoms with E-state index < -0.39 is 35.0 Å². The van der Waals surface area contributed by atoms with Crippen LogP contribution >= 0.6 is 0 Å². The van der Waals surface area contributed by atoms with Gasteiger partial charge in [0.2, 0.25) is 0 Å². The topological polar surface area (TPSA) is 108 Å². The number of piperidine rings is 1. The van der Waals surface area contributed by atoms with Gasteiger partial charge in [-0.3, -0.25) is 9.59 Å². The van der Waals surface area contributed by atoms with Gasteiger partial charge in [-0.05, 0) is 57.1 Å². The van der Waals surface area contributed by atoms with Crippen molar-refractivity contribution in [2.24, 2.45) is 5.41 Å². The highest BCUT2D eigenvalue weighted by Crippen LogP contribution is 2.41. The zero-order valence-corrected chi connectivity index (χ0v) is 22.1. The standard InChI is InChI=1S/C27H39N3O5/c1-15(2)17-10-9-11-18(16(3)4)21(17)29-24(33)20-22(31)27(8)14-30(25(34)35-26(5,6)7)13-12-19(27)28-23(20)32/h9-11,15-16,19,31H,12-14H2,1-8H3,(H,28,32)(H,29,33)/t19-,27-/m1/s1. The Morgan fingerprint density at radius 1 is 1.17 bits per heavy atom. The monoisotopic (exact) mass is 485 g/mol. The van der Waals surface area contributed by atoms with Crippen LogP contribution in [0.5, 0.6) is 0 Å². The van der Waals surface area contributed by atoms with Gasteiger partial charge in [0.25, 0.3) is 11.8 Å². The summed E-state index contributed by atoms with van der Waals surface area (Å²) in [5.41, 5.74) is 0.590. The van der Waals surface area contributed by atoms with Crippen LogP contribution < -0.4 is 10.6 Å². The number of hydrogen-bond donors (Lipinski definition) is 3. The van der Waals surface area contributed by atoms with Crippen molar-refractivity contribution in [2.45, 2.75) is 85.3 Å². The van der Waals surface area contributed by atoms with Crippen molar-refractivity contribution in [1.82, 2.24) is 10.2 Å². The fraction of sp³-hybridized carbons (Fsp3) is 0.593. The van der Waals surface area contributed by atoms with E-state index in [2.05, 4.69) is 10.6 Å². The van der Waals surface area contributed by atoms with Crippen molar-refractivity contribution in [3.63, 3.8) is 0 Å². The van der Waals surface area contributed by atoms with E-state index in [0.717, 1.165) is 11.1 Å². The van der Waals surface area contributed by atoms with Gasteiger partial charge in [0, 0.05) is 24.8 Å². The Bertz CT molecular complexity index is 1030. The first-order chi connectivity index (χ1) is 16.2. The van der Waals surface area contributed by atoms with Crippen LogP contribution in [0.1, 0.15) is 84.8 Å². The highest BCUT2D eigenvalue weighted by molar-refractivity contribution is 6.24. The smallest absolute Gasteiger partial charge is 0.410 e. The quantitative estimate of drug-likeness (QED) is 0.530. The number of likely N-dealkylation sites (tertiary alicyclic amines) is 1. The molecule has 3 rings (SSSR count). The van der Waals surface area contributed by atoms with E-state index in [1.54, 1.807) is 27.7 Å². The highest BCUT2D eigenvalue weighted by atomic mass is 16.6. The third kappa shape index (κ3) is 5.31. The Kier molecular flexibility index (Phi) is 7.25. The van der Waals surface area contributed by atoms with Gasteiger partial charge in [0.1, 0.15) is 16.9 Å². The number of aliphatic hydroxyl groups excluding tert-OH is 1. The summed E-state index contributed by atoms with van der Waals surface area (Å²) in [5.74, 6) is -1.28. The zero-order valence-electron chi connectivity index (χ0n) is 22.1. The van der Waals surface area contributed by atoms with Crippen LogP contribution in [0.15, 0.2) is 29.5 Å². The van der Waals surface area contributed by atoms with Gasteiger partial charge in [-0.25, -0.2) is 4.79 Å². The molecule has 1 saturated heterocycles. The number of anilines is 1. The summed E-state index contributed by atoms with van der Waals surface area (Å²) in [7, 11) is 0. The second-order valence-electron chi connectivity index (χ2n) is 11.4. The Morgan fingerprint density at radius 2 is 1.74 bits per heavy atom. The lowest BCUT2D eigenvalue weighted by Gasteiger charge is -2.48. The molecule has 0 saturated carbocycles. The van der Waals surface area contributed by atoms with Crippen LogP contribution in [0.2, 0.25) is 0 Å². The molecule has 0 spiro atoms. The van der Waals surface area contributed by atoms with Crippen LogP contribution in [-0.2, 0) is 14.3 Å². The molecule has 8 heteroatoms. The summed E-state index contributed by atoms with van der Waals surface area (Å²) < 4.78 is 5.51. The summed E-state index contributed by atoms with van der Waals surface area (Å²) in [6, 6.07) is 5.47. The molecule has 0 unspecified atom stereocenters. The van der Waals surface area contributed by atoms with Gasteiger partial charge in [0.15, 0.2) is 0 Å². The van der Waals surface area contributed by atoms with Crippen LogP contribution in [0.3, 0.4) is 0 Å². The number of para-hydroxylation sites is 1. The first-order valence-corrected chi connectivity index (χ1v) is 12.3. The number of rotatable bonds is 4. The molecule has 0 aliphatic carbocycles. The SMILES string of the molecule is CC(C)c1cccc(C(C)C)c1NC(=O)C1=C(O)[C@]2(C)CN(C(=O)OC(C)(C)C)CC[C@H]2NC1=O. The molecule has 192 valence electrons. The molecule has 0 aromatic heterocycles. The lowest BCUT2D eigenvalue weighted by Crippen LogP contribution is -2.62. The number of nitrogens with zero attached hydrogens (tertiary/aromatic N) is 1. The summed E-state index contributed by atoms with van der Waals surface area (Å²) in [5, 5.41) is 17.1. The fourth-order valence-electron chi connectivity index (χ4n) is 4.85. The normalized spacial score (nSPS) is 22.7. The maximum atomic E-state index is 13.5. The number of ether oxygens (including phenoxy) is 1. The second-order valence-corrected chi connectivity index (χ2v) is 11.4. The third-order valence-corrected chi connectivity index (χ3v) is 6.78. The van der Waals surface area contributed by atoms with Crippen molar-refractivity contribution >= 4 is 23.6 Å². The summed E-state index contributed by atoms with van der Waals surface area (Å²) >= 11 is 0. The van der Waals surface area contributed by atoms with Crippen LogP contribution in [0.25, 0.3) is 0 Å². The first-order valence-electron chi connectivity index (χ1n) is 12.3. The largest absolute Gasteiger partial charge is 0.511 e. The van der Waals surface area contributed by atoms with E-state index in [9.17, 15) is 19.5 Å². The van der Waals surface area contributed by atoms with Gasteiger partial charge >= 0.3 is 6.09 Å². The molecule has 2 aliphatic rings. The third-order valence-electron chi connectivity index (χ3n) is 6.78. The minimum absolute atomic E-state index is 0.120. The van der Waals surface area contributed by atoms with E-state index in [-0.39, 0.29) is 29.7 Å². The predicted octanol–water partition coefficient (Wildman–Crippen LogP) is 4.83. The molecule has 1 aromatic rings. The molecule has 1 fully saturated rings. The van der Waals surface area contributed by atoms with Crippen LogP contribution in [-0.4, -0.2) is 52.6 Å². The maximum Gasteiger partial charge on any atom is 0.410 e. The van der Waals surface area contributed by atoms with Crippen molar-refractivity contribution < 1.29 is 24.2 Å². The van der Waals surface area contributed by atoms with Gasteiger partial charge in [-0.2, -0.15) is 0 Å². The Hall–Kier alpha value is -3.03. The number of carbonyl (C=O) groups is 3. The number of aliphatic hydroxyl groups is 1. The number of nitrogens with one attached hydrogen (secondary N) is 2. The molecule has 1 aromatic carbocycles. The molecule has 2 heterocycles. The van der Waals surface area contributed by atoms with E-state index >= 15 is 0 Å². The lowest BCUT2D eigenvalue weighted by molar-refractivity contribution is -0.125. The Balaban J connectivity index is 1.96. The Morgan fingerprint density at radius 3 is 2.26 bits per heavy atom. The molecule has 0 bridgehead atoms. The number of fused-ring (bicyclic) bond motifs is 1. The highest BCUT2D eigenvalue weighted by Gasteiger charge is 2.51. The minimum Gasteiger partial charge on any atom is -0.511 e. The molecule has 3 amide bonds. The summed E-state index contributed by atoms with van der Waals surface area (Å²) in [6.45, 7) is 15.8. The molecule has 35 heavy (non-hydrogen) atoms. The van der Waals surface area contributed by atoms with Gasteiger partial charge in [-0.15, -0.1) is 0 Å². The van der Waals surface area contributed by atoms with Gasteiger partial charge in [0.05, 0.1) is 5.41 Å². The minimum atomic E-state index is -1.02. The van der Waals surface area contributed by atoms with Gasteiger partial charge in [-0.1, -0.05) is 45.9 Å². The van der Waals surface area contributed by atoms with E-state index in [4.69, 9.17) is 4.74 Å². The number of carbonyl (C=O) groups excluding carboxylic acids is 3. The number of benzene rings is 1. The van der Waals surface area contributed by atoms with Gasteiger partial charge < -0.3 is 25.4 Å². The van der Waals surface area contributed by atoms with Crippen molar-refractivity contribution in [2.75, 3.05) is 18.4 Å². The summed E-state index contributed by atoms with van der Waals surface area (Å²) in [6.07, 6.45) is -0.0472. The van der Waals surface area contributed by atoms with Crippen LogP contribution in [0, 0.1) is 5.41 Å². The van der Waals surface area contributed by atoms with Crippen molar-refractivity contribution in [3.8, 4) is 0 Å².